The molecule has 2 amide bonds. The van der Waals surface area contributed by atoms with E-state index < -0.39 is 0 Å². The van der Waals surface area contributed by atoms with Crippen LogP contribution in [0.2, 0.25) is 0 Å². The molecule has 1 saturated heterocycles. The zero-order chi connectivity index (χ0) is 12.8. The summed E-state index contributed by atoms with van der Waals surface area (Å²) >= 11 is 0. The Morgan fingerprint density at radius 2 is 1.82 bits per heavy atom. The van der Waals surface area contributed by atoms with Gasteiger partial charge < -0.3 is 10.2 Å². The monoisotopic (exact) mass is 240 g/mol. The molecule has 0 bridgehead atoms. The van der Waals surface area contributed by atoms with E-state index in [4.69, 9.17) is 0 Å². The second kappa shape index (κ2) is 6.62. The van der Waals surface area contributed by atoms with E-state index in [9.17, 15) is 9.59 Å². The molecule has 0 spiro atoms. The first kappa shape index (κ1) is 14.0. The van der Waals surface area contributed by atoms with Crippen molar-refractivity contribution in [2.75, 3.05) is 13.1 Å². The molecule has 0 unspecified atom stereocenters. The van der Waals surface area contributed by atoms with Crippen LogP contribution in [-0.4, -0.2) is 35.8 Å². The van der Waals surface area contributed by atoms with Gasteiger partial charge in [0.05, 0.1) is 0 Å². The van der Waals surface area contributed by atoms with E-state index in [0.29, 0.717) is 6.42 Å². The third kappa shape index (κ3) is 4.02. The van der Waals surface area contributed by atoms with Crippen molar-refractivity contribution in [2.45, 2.75) is 52.5 Å². The third-order valence-electron chi connectivity index (χ3n) is 3.14. The molecule has 1 rings (SSSR count). The quantitative estimate of drug-likeness (QED) is 0.792. The van der Waals surface area contributed by atoms with Crippen molar-refractivity contribution in [2.24, 2.45) is 5.92 Å². The summed E-state index contributed by atoms with van der Waals surface area (Å²) in [6.07, 6.45) is 3.48. The Hall–Kier alpha value is -1.06. The van der Waals surface area contributed by atoms with Crippen molar-refractivity contribution in [1.29, 1.82) is 0 Å². The van der Waals surface area contributed by atoms with E-state index in [0.717, 1.165) is 32.4 Å². The Labute approximate surface area is 104 Å². The molecule has 17 heavy (non-hydrogen) atoms. The predicted molar refractivity (Wildman–Crippen MR) is 67.5 cm³/mol. The fourth-order valence-electron chi connectivity index (χ4n) is 2.12. The molecule has 0 aromatic rings. The zero-order valence-electron chi connectivity index (χ0n) is 11.2. The molecular weight excluding hydrogens is 216 g/mol. The lowest BCUT2D eigenvalue weighted by molar-refractivity contribution is -0.136. The minimum atomic E-state index is -0.354. The first-order chi connectivity index (χ1) is 8.06. The number of hydrogen-bond acceptors (Lipinski definition) is 2. The van der Waals surface area contributed by atoms with Crippen LogP contribution >= 0.6 is 0 Å². The number of rotatable bonds is 5. The van der Waals surface area contributed by atoms with E-state index in [1.165, 1.54) is 0 Å². The average molecular weight is 240 g/mol. The van der Waals surface area contributed by atoms with Gasteiger partial charge in [-0.25, -0.2) is 0 Å². The van der Waals surface area contributed by atoms with Gasteiger partial charge in [0, 0.05) is 19.5 Å². The van der Waals surface area contributed by atoms with Gasteiger partial charge in [-0.2, -0.15) is 0 Å². The van der Waals surface area contributed by atoms with Crippen LogP contribution < -0.4 is 5.32 Å². The van der Waals surface area contributed by atoms with Gasteiger partial charge in [-0.3, -0.25) is 9.59 Å². The number of carbonyl (C=O) groups is 2. The van der Waals surface area contributed by atoms with Crippen molar-refractivity contribution >= 4 is 11.8 Å². The summed E-state index contributed by atoms with van der Waals surface area (Å²) in [6.45, 7) is 7.60. The Kier molecular flexibility index (Phi) is 5.45. The normalized spacial score (nSPS) is 17.3. The molecule has 0 saturated carbocycles. The van der Waals surface area contributed by atoms with Gasteiger partial charge in [-0.1, -0.05) is 20.8 Å². The van der Waals surface area contributed by atoms with Gasteiger partial charge in [-0.15, -0.1) is 0 Å². The van der Waals surface area contributed by atoms with Gasteiger partial charge in [0.15, 0.2) is 0 Å². The summed E-state index contributed by atoms with van der Waals surface area (Å²) in [4.78, 5) is 25.7. The molecule has 98 valence electrons. The van der Waals surface area contributed by atoms with Crippen molar-refractivity contribution in [3.63, 3.8) is 0 Å². The number of amides is 2. The largest absolute Gasteiger partial charge is 0.344 e. The Morgan fingerprint density at radius 1 is 1.24 bits per heavy atom. The molecule has 1 atom stereocenters. The summed E-state index contributed by atoms with van der Waals surface area (Å²) in [6, 6.07) is -0.354. The van der Waals surface area contributed by atoms with Gasteiger partial charge in [0.1, 0.15) is 6.04 Å². The minimum absolute atomic E-state index is 0.0150. The lowest BCUT2D eigenvalue weighted by atomic mass is 10.0. The fraction of sp³-hybridized carbons (Fsp3) is 0.846. The standard InChI is InChI=1S/C13H24N2O2/c1-4-7-11(16)14-12(10(2)3)13(17)15-8-5-6-9-15/h10,12H,4-9H2,1-3H3,(H,14,16)/t12-/m0/s1. The molecule has 0 aromatic carbocycles. The minimum Gasteiger partial charge on any atom is -0.344 e. The van der Waals surface area contributed by atoms with E-state index in [1.807, 2.05) is 25.7 Å². The van der Waals surface area contributed by atoms with Crippen molar-refractivity contribution in [1.82, 2.24) is 10.2 Å². The number of carbonyl (C=O) groups excluding carboxylic acids is 2. The van der Waals surface area contributed by atoms with Gasteiger partial charge in [0.2, 0.25) is 11.8 Å². The Bertz CT molecular complexity index is 271. The van der Waals surface area contributed by atoms with Gasteiger partial charge in [0.25, 0.3) is 0 Å². The Balaban J connectivity index is 2.58. The zero-order valence-corrected chi connectivity index (χ0v) is 11.2. The third-order valence-corrected chi connectivity index (χ3v) is 3.14. The smallest absolute Gasteiger partial charge is 0.245 e. The molecule has 1 fully saturated rings. The first-order valence-electron chi connectivity index (χ1n) is 6.64. The average Bonchev–Trinajstić information content (AvgIpc) is 2.78. The van der Waals surface area contributed by atoms with Gasteiger partial charge >= 0.3 is 0 Å². The molecule has 1 heterocycles. The van der Waals surface area contributed by atoms with Crippen molar-refractivity contribution < 1.29 is 9.59 Å². The first-order valence-corrected chi connectivity index (χ1v) is 6.64. The number of nitrogens with one attached hydrogen (secondary N) is 1. The molecule has 0 aliphatic carbocycles. The van der Waals surface area contributed by atoms with E-state index in [2.05, 4.69) is 5.32 Å². The van der Waals surface area contributed by atoms with E-state index >= 15 is 0 Å². The van der Waals surface area contributed by atoms with Crippen LogP contribution in [0.3, 0.4) is 0 Å². The van der Waals surface area contributed by atoms with E-state index in [1.54, 1.807) is 0 Å². The summed E-state index contributed by atoms with van der Waals surface area (Å²) in [5.41, 5.74) is 0. The Morgan fingerprint density at radius 3 is 2.29 bits per heavy atom. The maximum Gasteiger partial charge on any atom is 0.245 e. The fourth-order valence-corrected chi connectivity index (χ4v) is 2.12. The summed E-state index contributed by atoms with van der Waals surface area (Å²) < 4.78 is 0. The molecule has 0 radical (unpaired) electrons. The summed E-state index contributed by atoms with van der Waals surface area (Å²) in [7, 11) is 0. The van der Waals surface area contributed by atoms with Crippen LogP contribution in [0, 0.1) is 5.92 Å². The second-order valence-electron chi connectivity index (χ2n) is 5.07. The SMILES string of the molecule is CCCC(=O)N[C@H](C(=O)N1CCCC1)C(C)C. The molecular formula is C13H24N2O2. The molecule has 1 aliphatic rings. The van der Waals surface area contributed by atoms with Crippen LogP contribution in [0.1, 0.15) is 46.5 Å². The van der Waals surface area contributed by atoms with Crippen LogP contribution in [0.15, 0.2) is 0 Å². The second-order valence-corrected chi connectivity index (χ2v) is 5.07. The van der Waals surface area contributed by atoms with Crippen LogP contribution in [0.4, 0.5) is 0 Å². The van der Waals surface area contributed by atoms with Crippen LogP contribution in [-0.2, 0) is 9.59 Å². The number of likely N-dealkylation sites (tertiary alicyclic amines) is 1. The summed E-state index contributed by atoms with van der Waals surface area (Å²) in [5, 5.41) is 2.86. The number of nitrogens with zero attached hydrogens (tertiary/aromatic N) is 1. The summed E-state index contributed by atoms with van der Waals surface area (Å²) in [5.74, 6) is 0.213. The highest BCUT2D eigenvalue weighted by atomic mass is 16.2. The van der Waals surface area contributed by atoms with Crippen molar-refractivity contribution in [3.8, 4) is 0 Å². The van der Waals surface area contributed by atoms with Crippen LogP contribution in [0.5, 0.6) is 0 Å². The van der Waals surface area contributed by atoms with Crippen LogP contribution in [0.25, 0.3) is 0 Å². The highest BCUT2D eigenvalue weighted by molar-refractivity contribution is 5.88. The topological polar surface area (TPSA) is 49.4 Å². The molecule has 4 nitrogen and oxygen atoms in total. The highest BCUT2D eigenvalue weighted by Crippen LogP contribution is 2.13. The molecule has 4 heteroatoms. The van der Waals surface area contributed by atoms with E-state index in [-0.39, 0.29) is 23.8 Å². The number of hydrogen-bond donors (Lipinski definition) is 1. The lowest BCUT2D eigenvalue weighted by Crippen LogP contribution is -2.50. The maximum absolute atomic E-state index is 12.2. The molecule has 1 aliphatic heterocycles. The highest BCUT2D eigenvalue weighted by Gasteiger charge is 2.29. The van der Waals surface area contributed by atoms with Gasteiger partial charge in [-0.05, 0) is 25.2 Å². The maximum atomic E-state index is 12.2. The predicted octanol–water partition coefficient (Wildman–Crippen LogP) is 1.55. The molecule has 1 N–H and O–H groups in total. The lowest BCUT2D eigenvalue weighted by Gasteiger charge is -2.26. The van der Waals surface area contributed by atoms with Crippen molar-refractivity contribution in [3.05, 3.63) is 0 Å². The molecule has 0 aromatic heterocycles.